The first-order valence-electron chi connectivity index (χ1n) is 7.18. The van der Waals surface area contributed by atoms with Gasteiger partial charge >= 0.3 is 0 Å². The highest BCUT2D eigenvalue weighted by atomic mass is 32.1. The number of aromatic nitrogens is 1. The molecule has 0 amide bonds. The van der Waals surface area contributed by atoms with Gasteiger partial charge in [-0.1, -0.05) is 6.42 Å². The third-order valence-electron chi connectivity index (χ3n) is 4.90. The third kappa shape index (κ3) is 2.18. The molecule has 2 fully saturated rings. The molecule has 2 saturated carbocycles. The number of nitrogens with zero attached hydrogens (tertiary/aromatic N) is 2. The van der Waals surface area contributed by atoms with Crippen molar-refractivity contribution in [2.75, 3.05) is 19.4 Å². The summed E-state index contributed by atoms with van der Waals surface area (Å²) in [5.74, 6) is 0. The molecule has 2 atom stereocenters. The first kappa shape index (κ1) is 13.3. The summed E-state index contributed by atoms with van der Waals surface area (Å²) in [4.78, 5) is 7.87. The van der Waals surface area contributed by atoms with Gasteiger partial charge in [-0.25, -0.2) is 4.98 Å². The molecular formula is C14H23N3OS. The maximum atomic E-state index is 5.91. The van der Waals surface area contributed by atoms with Gasteiger partial charge in [-0.05, 0) is 33.2 Å². The lowest BCUT2D eigenvalue weighted by atomic mass is 9.50. The fraction of sp³-hybridized carbons (Fsp3) is 0.786. The van der Waals surface area contributed by atoms with Crippen LogP contribution in [-0.4, -0.2) is 35.7 Å². The van der Waals surface area contributed by atoms with Crippen LogP contribution in [0.2, 0.25) is 0 Å². The first-order chi connectivity index (χ1) is 9.15. The van der Waals surface area contributed by atoms with Crippen LogP contribution < -0.4 is 5.73 Å². The van der Waals surface area contributed by atoms with Gasteiger partial charge in [0.2, 0.25) is 0 Å². The highest BCUT2D eigenvalue weighted by Crippen LogP contribution is 2.59. The maximum Gasteiger partial charge on any atom is 0.180 e. The molecule has 2 aliphatic rings. The van der Waals surface area contributed by atoms with Crippen LogP contribution in [0, 0.1) is 5.41 Å². The van der Waals surface area contributed by atoms with E-state index < -0.39 is 0 Å². The van der Waals surface area contributed by atoms with Crippen LogP contribution in [0.4, 0.5) is 5.13 Å². The molecular weight excluding hydrogens is 258 g/mol. The molecule has 1 heterocycles. The topological polar surface area (TPSA) is 51.4 Å². The molecule has 0 aliphatic heterocycles. The number of nitrogens with two attached hydrogens (primary N) is 1. The van der Waals surface area contributed by atoms with E-state index in [1.807, 2.05) is 6.20 Å². The molecule has 1 aromatic rings. The number of thiazole rings is 1. The molecule has 19 heavy (non-hydrogen) atoms. The fourth-order valence-corrected chi connectivity index (χ4v) is 4.52. The highest BCUT2D eigenvalue weighted by Gasteiger charge is 2.59. The number of rotatable bonds is 5. The predicted octanol–water partition coefficient (Wildman–Crippen LogP) is 2.50. The van der Waals surface area contributed by atoms with E-state index in [0.29, 0.717) is 22.7 Å². The summed E-state index contributed by atoms with van der Waals surface area (Å²) in [6.07, 6.45) is 7.60. The molecule has 1 aromatic heterocycles. The Balaban J connectivity index is 1.63. The number of hydrogen-bond acceptors (Lipinski definition) is 5. The monoisotopic (exact) mass is 281 g/mol. The molecule has 4 nitrogen and oxygen atoms in total. The van der Waals surface area contributed by atoms with E-state index in [1.165, 1.54) is 30.6 Å². The lowest BCUT2D eigenvalue weighted by molar-refractivity contribution is -0.201. The van der Waals surface area contributed by atoms with Crippen molar-refractivity contribution in [2.24, 2.45) is 5.41 Å². The Morgan fingerprint density at radius 3 is 2.89 bits per heavy atom. The molecule has 1 spiro atoms. The summed E-state index contributed by atoms with van der Waals surface area (Å²) in [6, 6.07) is 0.668. The van der Waals surface area contributed by atoms with Crippen LogP contribution in [0.15, 0.2) is 6.20 Å². The van der Waals surface area contributed by atoms with Gasteiger partial charge in [-0.2, -0.15) is 0 Å². The van der Waals surface area contributed by atoms with E-state index in [0.717, 1.165) is 13.2 Å². The first-order valence-corrected chi connectivity index (χ1v) is 7.99. The highest BCUT2D eigenvalue weighted by molar-refractivity contribution is 7.15. The molecule has 3 rings (SSSR count). The minimum atomic E-state index is 0.445. The van der Waals surface area contributed by atoms with E-state index in [4.69, 9.17) is 10.5 Å². The fourth-order valence-electron chi connectivity index (χ4n) is 3.77. The second-order valence-electron chi connectivity index (χ2n) is 5.86. The quantitative estimate of drug-likeness (QED) is 0.901. The Kier molecular flexibility index (Phi) is 3.53. The van der Waals surface area contributed by atoms with Crippen molar-refractivity contribution in [3.63, 3.8) is 0 Å². The summed E-state index contributed by atoms with van der Waals surface area (Å²) in [7, 11) is 2.23. The molecule has 0 bridgehead atoms. The summed E-state index contributed by atoms with van der Waals surface area (Å²) in [5, 5.41) is 0.669. The SMILES string of the molecule is CCOC1CC(N(C)Cc2cnc(N)s2)C12CCC2. The van der Waals surface area contributed by atoms with Crippen LogP contribution in [0.25, 0.3) is 0 Å². The zero-order valence-electron chi connectivity index (χ0n) is 11.8. The average molecular weight is 281 g/mol. The Morgan fingerprint density at radius 2 is 2.37 bits per heavy atom. The molecule has 0 saturated heterocycles. The van der Waals surface area contributed by atoms with Gasteiger partial charge in [-0.3, -0.25) is 4.90 Å². The minimum absolute atomic E-state index is 0.445. The number of hydrogen-bond donors (Lipinski definition) is 1. The van der Waals surface area contributed by atoms with Crippen molar-refractivity contribution >= 4 is 16.5 Å². The van der Waals surface area contributed by atoms with Crippen molar-refractivity contribution in [2.45, 2.75) is 51.3 Å². The largest absolute Gasteiger partial charge is 0.378 e. The number of ether oxygens (including phenoxy) is 1. The van der Waals surface area contributed by atoms with Gasteiger partial charge in [0, 0.05) is 35.7 Å². The second-order valence-corrected chi connectivity index (χ2v) is 7.01. The van der Waals surface area contributed by atoms with E-state index >= 15 is 0 Å². The zero-order chi connectivity index (χ0) is 13.5. The van der Waals surface area contributed by atoms with Gasteiger partial charge in [0.15, 0.2) is 5.13 Å². The zero-order valence-corrected chi connectivity index (χ0v) is 12.6. The Labute approximate surface area is 119 Å². The smallest absolute Gasteiger partial charge is 0.180 e. The lowest BCUT2D eigenvalue weighted by Gasteiger charge is -2.63. The van der Waals surface area contributed by atoms with Crippen molar-refractivity contribution in [3.05, 3.63) is 11.1 Å². The Morgan fingerprint density at radius 1 is 1.58 bits per heavy atom. The molecule has 2 aliphatic carbocycles. The van der Waals surface area contributed by atoms with Gasteiger partial charge < -0.3 is 10.5 Å². The van der Waals surface area contributed by atoms with Crippen LogP contribution >= 0.6 is 11.3 Å². The van der Waals surface area contributed by atoms with Crippen molar-refractivity contribution < 1.29 is 4.74 Å². The summed E-state index contributed by atoms with van der Waals surface area (Å²) < 4.78 is 5.91. The molecule has 5 heteroatoms. The summed E-state index contributed by atoms with van der Waals surface area (Å²) in [5.41, 5.74) is 6.14. The van der Waals surface area contributed by atoms with Crippen LogP contribution in [-0.2, 0) is 11.3 Å². The van der Waals surface area contributed by atoms with Crippen LogP contribution in [0.1, 0.15) is 37.5 Å². The van der Waals surface area contributed by atoms with E-state index in [2.05, 4.69) is 23.9 Å². The molecule has 0 radical (unpaired) electrons. The Bertz CT molecular complexity index is 444. The number of nitrogen functional groups attached to an aromatic ring is 1. The molecule has 0 aromatic carbocycles. The number of anilines is 1. The van der Waals surface area contributed by atoms with E-state index in [1.54, 1.807) is 11.3 Å². The van der Waals surface area contributed by atoms with Crippen LogP contribution in [0.5, 0.6) is 0 Å². The van der Waals surface area contributed by atoms with Gasteiger partial charge in [0.05, 0.1) is 6.10 Å². The normalized spacial score (nSPS) is 28.4. The molecule has 2 unspecified atom stereocenters. The van der Waals surface area contributed by atoms with E-state index in [-0.39, 0.29) is 0 Å². The second kappa shape index (κ2) is 5.04. The van der Waals surface area contributed by atoms with Gasteiger partial charge in [0.1, 0.15) is 0 Å². The van der Waals surface area contributed by atoms with Crippen molar-refractivity contribution in [1.82, 2.24) is 9.88 Å². The standard InChI is InChI=1S/C14H23N3OS/c1-3-18-12-7-11(14(12)5-4-6-14)17(2)9-10-8-16-13(15)19-10/h8,11-12H,3-7,9H2,1-2H3,(H2,15,16). The molecule has 106 valence electrons. The lowest BCUT2D eigenvalue weighted by Crippen LogP contribution is -2.66. The Hall–Kier alpha value is -0.650. The summed E-state index contributed by atoms with van der Waals surface area (Å²) in [6.45, 7) is 3.90. The van der Waals surface area contributed by atoms with Crippen molar-refractivity contribution in [3.8, 4) is 0 Å². The third-order valence-corrected chi connectivity index (χ3v) is 5.71. The van der Waals surface area contributed by atoms with Crippen molar-refractivity contribution in [1.29, 1.82) is 0 Å². The van der Waals surface area contributed by atoms with Gasteiger partial charge in [-0.15, -0.1) is 11.3 Å². The molecule has 2 N–H and O–H groups in total. The predicted molar refractivity (Wildman–Crippen MR) is 78.1 cm³/mol. The summed E-state index contributed by atoms with van der Waals surface area (Å²) >= 11 is 1.60. The van der Waals surface area contributed by atoms with Gasteiger partial charge in [0.25, 0.3) is 0 Å². The minimum Gasteiger partial charge on any atom is -0.378 e. The van der Waals surface area contributed by atoms with Crippen LogP contribution in [0.3, 0.4) is 0 Å². The average Bonchev–Trinajstić information content (AvgIpc) is 2.67. The maximum absolute atomic E-state index is 5.91. The van der Waals surface area contributed by atoms with E-state index in [9.17, 15) is 0 Å².